The zero-order chi connectivity index (χ0) is 19.1. The van der Waals surface area contributed by atoms with Gasteiger partial charge in [-0.25, -0.2) is 0 Å². The standard InChI is InChI=1S/C22H35N3O2/c1-23-13-9-20(10-14-23)25-16-15-24(18-21(25)11-17-26)12-5-7-19-6-3-4-8-22(19)27-2/h3-8,20-21,26H,9-18H2,1-2H3/b7-5+/t21-/m1/s1. The minimum absolute atomic E-state index is 0.276. The van der Waals surface area contributed by atoms with Crippen LogP contribution in [0.5, 0.6) is 5.75 Å². The van der Waals surface area contributed by atoms with Crippen molar-refractivity contribution in [2.75, 3.05) is 60.0 Å². The highest BCUT2D eigenvalue weighted by Crippen LogP contribution is 2.23. The normalized spacial score (nSPS) is 23.9. The van der Waals surface area contributed by atoms with E-state index in [1.54, 1.807) is 7.11 Å². The summed E-state index contributed by atoms with van der Waals surface area (Å²) in [6, 6.07) is 9.28. The Labute approximate surface area is 164 Å². The SMILES string of the molecule is COc1ccccc1/C=C/CN1CCN(C2CCN(C)CC2)[C@H](CCO)C1. The number of methoxy groups -OCH3 is 1. The second-order valence-electron chi connectivity index (χ2n) is 7.84. The van der Waals surface area contributed by atoms with E-state index >= 15 is 0 Å². The first-order valence-electron chi connectivity index (χ1n) is 10.3. The molecule has 0 spiro atoms. The largest absolute Gasteiger partial charge is 0.496 e. The number of ether oxygens (including phenoxy) is 1. The highest BCUT2D eigenvalue weighted by atomic mass is 16.5. The third-order valence-corrected chi connectivity index (χ3v) is 6.03. The summed E-state index contributed by atoms with van der Waals surface area (Å²) >= 11 is 0. The van der Waals surface area contributed by atoms with Crippen LogP contribution in [0.25, 0.3) is 6.08 Å². The van der Waals surface area contributed by atoms with Gasteiger partial charge < -0.3 is 14.7 Å². The smallest absolute Gasteiger partial charge is 0.126 e. The average Bonchev–Trinajstić information content (AvgIpc) is 2.70. The summed E-state index contributed by atoms with van der Waals surface area (Å²) in [4.78, 5) is 7.62. The van der Waals surface area contributed by atoms with Crippen LogP contribution in [0.4, 0.5) is 0 Å². The molecule has 0 aliphatic carbocycles. The van der Waals surface area contributed by atoms with Crippen LogP contribution in [0, 0.1) is 0 Å². The Hall–Kier alpha value is -1.40. The van der Waals surface area contributed by atoms with E-state index in [1.165, 1.54) is 25.9 Å². The minimum atomic E-state index is 0.276. The predicted octanol–water partition coefficient (Wildman–Crippen LogP) is 2.17. The molecular weight excluding hydrogens is 338 g/mol. The van der Waals surface area contributed by atoms with Crippen LogP contribution in [0.3, 0.4) is 0 Å². The van der Waals surface area contributed by atoms with E-state index in [9.17, 15) is 5.11 Å². The maximum Gasteiger partial charge on any atom is 0.126 e. The van der Waals surface area contributed by atoms with Gasteiger partial charge in [0.1, 0.15) is 5.75 Å². The monoisotopic (exact) mass is 373 g/mol. The Morgan fingerprint density at radius 2 is 1.93 bits per heavy atom. The lowest BCUT2D eigenvalue weighted by Crippen LogP contribution is -2.58. The number of rotatable bonds is 7. The molecule has 0 amide bonds. The first-order valence-corrected chi connectivity index (χ1v) is 10.3. The number of para-hydroxylation sites is 1. The molecule has 2 aliphatic heterocycles. The third kappa shape index (κ3) is 5.55. The molecule has 150 valence electrons. The lowest BCUT2D eigenvalue weighted by molar-refractivity contribution is 0.0122. The molecule has 1 atom stereocenters. The minimum Gasteiger partial charge on any atom is -0.496 e. The fourth-order valence-corrected chi connectivity index (χ4v) is 4.45. The van der Waals surface area contributed by atoms with E-state index in [0.717, 1.165) is 43.9 Å². The Bertz CT molecular complexity index is 599. The van der Waals surface area contributed by atoms with E-state index in [4.69, 9.17) is 4.74 Å². The lowest BCUT2D eigenvalue weighted by atomic mass is 9.98. The number of piperidine rings is 1. The van der Waals surface area contributed by atoms with Gasteiger partial charge in [-0.05, 0) is 45.5 Å². The summed E-state index contributed by atoms with van der Waals surface area (Å²) in [7, 11) is 3.93. The van der Waals surface area contributed by atoms with Crippen molar-refractivity contribution in [1.29, 1.82) is 0 Å². The Morgan fingerprint density at radius 1 is 1.15 bits per heavy atom. The topological polar surface area (TPSA) is 39.2 Å². The number of aliphatic hydroxyl groups is 1. The van der Waals surface area contributed by atoms with E-state index < -0.39 is 0 Å². The summed E-state index contributed by atoms with van der Waals surface area (Å²) in [5.41, 5.74) is 1.12. The summed E-state index contributed by atoms with van der Waals surface area (Å²) in [5, 5.41) is 9.56. The molecule has 1 aromatic rings. The highest BCUT2D eigenvalue weighted by molar-refractivity contribution is 5.57. The molecule has 3 rings (SSSR count). The van der Waals surface area contributed by atoms with Gasteiger partial charge in [0, 0.05) is 50.4 Å². The van der Waals surface area contributed by atoms with Gasteiger partial charge in [0.25, 0.3) is 0 Å². The lowest BCUT2D eigenvalue weighted by Gasteiger charge is -2.47. The van der Waals surface area contributed by atoms with E-state index in [-0.39, 0.29) is 6.61 Å². The van der Waals surface area contributed by atoms with Crippen LogP contribution < -0.4 is 4.74 Å². The fraction of sp³-hybridized carbons (Fsp3) is 0.636. The Morgan fingerprint density at radius 3 is 2.67 bits per heavy atom. The van der Waals surface area contributed by atoms with Crippen LogP contribution in [-0.4, -0.2) is 91.9 Å². The summed E-state index contributed by atoms with van der Waals surface area (Å²) in [6.45, 7) is 6.87. The molecule has 0 saturated carbocycles. The van der Waals surface area contributed by atoms with Gasteiger partial charge in [0.2, 0.25) is 0 Å². The van der Waals surface area contributed by atoms with E-state index in [0.29, 0.717) is 12.1 Å². The molecule has 27 heavy (non-hydrogen) atoms. The van der Waals surface area contributed by atoms with Crippen LogP contribution in [0.2, 0.25) is 0 Å². The fourth-order valence-electron chi connectivity index (χ4n) is 4.45. The molecule has 2 heterocycles. The number of nitrogens with zero attached hydrogens (tertiary/aromatic N) is 3. The van der Waals surface area contributed by atoms with Crippen LogP contribution in [-0.2, 0) is 0 Å². The van der Waals surface area contributed by atoms with Crippen molar-refractivity contribution in [1.82, 2.24) is 14.7 Å². The van der Waals surface area contributed by atoms with Crippen LogP contribution in [0.15, 0.2) is 30.3 Å². The summed E-state index contributed by atoms with van der Waals surface area (Å²) < 4.78 is 5.42. The molecule has 0 radical (unpaired) electrons. The zero-order valence-electron chi connectivity index (χ0n) is 16.9. The van der Waals surface area contributed by atoms with Gasteiger partial charge in [-0.3, -0.25) is 9.80 Å². The van der Waals surface area contributed by atoms with E-state index in [2.05, 4.69) is 40.0 Å². The molecular formula is C22H35N3O2. The second kappa shape index (κ2) is 10.2. The number of hydrogen-bond donors (Lipinski definition) is 1. The number of hydrogen-bond acceptors (Lipinski definition) is 5. The molecule has 2 aliphatic rings. The van der Waals surface area contributed by atoms with Crippen LogP contribution in [0.1, 0.15) is 24.8 Å². The Balaban J connectivity index is 1.55. The molecule has 0 bridgehead atoms. The van der Waals surface area contributed by atoms with Crippen molar-refractivity contribution in [2.45, 2.75) is 31.3 Å². The first kappa shape index (κ1) is 20.3. The van der Waals surface area contributed by atoms with Gasteiger partial charge in [-0.15, -0.1) is 0 Å². The quantitative estimate of drug-likeness (QED) is 0.793. The molecule has 5 nitrogen and oxygen atoms in total. The van der Waals surface area contributed by atoms with Gasteiger partial charge >= 0.3 is 0 Å². The second-order valence-corrected chi connectivity index (χ2v) is 7.84. The number of benzene rings is 1. The molecule has 5 heteroatoms. The molecule has 1 N–H and O–H groups in total. The maximum atomic E-state index is 9.56. The average molecular weight is 374 g/mol. The maximum absolute atomic E-state index is 9.56. The van der Waals surface area contributed by atoms with Crippen molar-refractivity contribution < 1.29 is 9.84 Å². The Kier molecular flexibility index (Phi) is 7.70. The molecule has 0 unspecified atom stereocenters. The van der Waals surface area contributed by atoms with Crippen LogP contribution >= 0.6 is 0 Å². The van der Waals surface area contributed by atoms with Gasteiger partial charge in [-0.2, -0.15) is 0 Å². The van der Waals surface area contributed by atoms with E-state index in [1.807, 2.05) is 18.2 Å². The van der Waals surface area contributed by atoms with Gasteiger partial charge in [0.05, 0.1) is 7.11 Å². The zero-order valence-corrected chi connectivity index (χ0v) is 16.9. The van der Waals surface area contributed by atoms with Crippen molar-refractivity contribution in [3.63, 3.8) is 0 Å². The number of piperazine rings is 1. The number of aliphatic hydroxyl groups excluding tert-OH is 1. The predicted molar refractivity (Wildman–Crippen MR) is 111 cm³/mol. The van der Waals surface area contributed by atoms with Crippen molar-refractivity contribution >= 4 is 6.08 Å². The highest BCUT2D eigenvalue weighted by Gasteiger charge is 2.32. The molecule has 1 aromatic carbocycles. The molecule has 2 saturated heterocycles. The molecule has 2 fully saturated rings. The summed E-state index contributed by atoms with van der Waals surface area (Å²) in [5.74, 6) is 0.916. The van der Waals surface area contributed by atoms with Gasteiger partial charge in [0.15, 0.2) is 0 Å². The van der Waals surface area contributed by atoms with Crippen molar-refractivity contribution in [3.8, 4) is 5.75 Å². The van der Waals surface area contributed by atoms with Crippen molar-refractivity contribution in [3.05, 3.63) is 35.9 Å². The van der Waals surface area contributed by atoms with Gasteiger partial charge in [-0.1, -0.05) is 30.4 Å². The first-order chi connectivity index (χ1) is 13.2. The molecule has 0 aromatic heterocycles. The van der Waals surface area contributed by atoms with Crippen molar-refractivity contribution in [2.24, 2.45) is 0 Å². The summed E-state index contributed by atoms with van der Waals surface area (Å²) in [6.07, 6.45) is 7.78. The third-order valence-electron chi connectivity index (χ3n) is 6.03. The number of likely N-dealkylation sites (tertiary alicyclic amines) is 1.